The average Bonchev–Trinajstić information content (AvgIpc) is 3.33. The molecule has 0 radical (unpaired) electrons. The van der Waals surface area contributed by atoms with E-state index >= 15 is 0 Å². The molecule has 7 nitrogen and oxygen atoms in total. The first-order valence-electron chi connectivity index (χ1n) is 8.99. The van der Waals surface area contributed by atoms with Crippen molar-refractivity contribution in [1.29, 1.82) is 0 Å². The van der Waals surface area contributed by atoms with Crippen LogP contribution in [-0.2, 0) is 4.74 Å². The first kappa shape index (κ1) is 19.7. The van der Waals surface area contributed by atoms with Gasteiger partial charge in [-0.2, -0.15) is 0 Å². The molecule has 1 aliphatic rings. The highest BCUT2D eigenvalue weighted by Crippen LogP contribution is 2.28. The molecule has 1 amide bonds. The number of aliphatic imine (C=N–C) groups is 1. The largest absolute Gasteiger partial charge is 0.381 e. The van der Waals surface area contributed by atoms with E-state index in [2.05, 4.69) is 25.9 Å². The predicted octanol–water partition coefficient (Wildman–Crippen LogP) is 1.55. The molecule has 1 fully saturated rings. The molecular weight excluding hydrogens is 338 g/mol. The molecule has 0 bridgehead atoms. The van der Waals surface area contributed by atoms with E-state index in [0.29, 0.717) is 18.0 Å². The van der Waals surface area contributed by atoms with Crippen LogP contribution in [0.2, 0.25) is 0 Å². The molecule has 0 spiro atoms. The number of hydrogen-bond donors (Lipinski definition) is 3. The summed E-state index contributed by atoms with van der Waals surface area (Å²) in [6.45, 7) is 8.23. The van der Waals surface area contributed by atoms with Crippen molar-refractivity contribution in [2.75, 3.05) is 39.4 Å². The Labute approximate surface area is 153 Å². The Balaban J connectivity index is 1.58. The standard InChI is InChI=1S/C17H29N5O2S/c1-3-18-17(20-7-4-10-24-11-14-5-6-14)21-9-8-19-16(23)15-13(2)22-12-25-15/h12,14H,3-11H2,1-2H3,(H,19,23)(H2,18,20,21). The highest BCUT2D eigenvalue weighted by molar-refractivity contribution is 7.11. The number of carbonyl (C=O) groups excluding carboxylic acids is 1. The predicted molar refractivity (Wildman–Crippen MR) is 101 cm³/mol. The molecule has 0 aromatic carbocycles. The van der Waals surface area contributed by atoms with E-state index in [1.54, 1.807) is 5.51 Å². The molecule has 1 aromatic heterocycles. The summed E-state index contributed by atoms with van der Waals surface area (Å²) in [5.74, 6) is 1.51. The molecule has 0 aliphatic heterocycles. The van der Waals surface area contributed by atoms with Gasteiger partial charge in [-0.05, 0) is 39.0 Å². The van der Waals surface area contributed by atoms with Crippen LogP contribution in [0, 0.1) is 12.8 Å². The Kier molecular flexibility index (Phi) is 8.68. The van der Waals surface area contributed by atoms with Gasteiger partial charge in [0.1, 0.15) is 4.88 Å². The smallest absolute Gasteiger partial charge is 0.263 e. The van der Waals surface area contributed by atoms with Gasteiger partial charge in [-0.15, -0.1) is 11.3 Å². The van der Waals surface area contributed by atoms with Crippen LogP contribution in [0.3, 0.4) is 0 Å². The summed E-state index contributed by atoms with van der Waals surface area (Å²) < 4.78 is 5.61. The van der Waals surface area contributed by atoms with E-state index in [9.17, 15) is 4.79 Å². The number of aryl methyl sites for hydroxylation is 1. The topological polar surface area (TPSA) is 87.6 Å². The number of amides is 1. The van der Waals surface area contributed by atoms with Crippen LogP contribution >= 0.6 is 11.3 Å². The maximum Gasteiger partial charge on any atom is 0.263 e. The van der Waals surface area contributed by atoms with Crippen molar-refractivity contribution >= 4 is 23.2 Å². The molecule has 1 heterocycles. The summed E-state index contributed by atoms with van der Waals surface area (Å²) in [6, 6.07) is 0. The molecule has 0 unspecified atom stereocenters. The maximum atomic E-state index is 12.0. The number of nitrogens with zero attached hydrogens (tertiary/aromatic N) is 2. The third kappa shape index (κ3) is 7.83. The van der Waals surface area contributed by atoms with Crippen LogP contribution in [-0.4, -0.2) is 56.2 Å². The fraction of sp³-hybridized carbons (Fsp3) is 0.706. The van der Waals surface area contributed by atoms with Crippen LogP contribution in [0.5, 0.6) is 0 Å². The van der Waals surface area contributed by atoms with Gasteiger partial charge in [-0.25, -0.2) is 4.98 Å². The first-order chi connectivity index (χ1) is 12.2. The second-order valence-corrected chi connectivity index (χ2v) is 6.94. The molecule has 25 heavy (non-hydrogen) atoms. The average molecular weight is 368 g/mol. The van der Waals surface area contributed by atoms with E-state index < -0.39 is 0 Å². The molecule has 3 N–H and O–H groups in total. The summed E-state index contributed by atoms with van der Waals surface area (Å²) in [6.07, 6.45) is 3.57. The number of aromatic nitrogens is 1. The van der Waals surface area contributed by atoms with E-state index in [1.165, 1.54) is 24.2 Å². The summed E-state index contributed by atoms with van der Waals surface area (Å²) >= 11 is 1.36. The molecule has 140 valence electrons. The Morgan fingerprint density at radius 1 is 1.36 bits per heavy atom. The third-order valence-electron chi connectivity index (χ3n) is 3.77. The lowest BCUT2D eigenvalue weighted by Crippen LogP contribution is -2.41. The van der Waals surface area contributed by atoms with Crippen molar-refractivity contribution in [2.24, 2.45) is 10.9 Å². The second-order valence-electron chi connectivity index (χ2n) is 6.08. The lowest BCUT2D eigenvalue weighted by Gasteiger charge is -2.11. The van der Waals surface area contributed by atoms with E-state index in [1.807, 2.05) is 13.8 Å². The van der Waals surface area contributed by atoms with Gasteiger partial charge in [0.25, 0.3) is 5.91 Å². The van der Waals surface area contributed by atoms with Gasteiger partial charge in [0.05, 0.1) is 11.2 Å². The quantitative estimate of drug-likeness (QED) is 0.314. The Morgan fingerprint density at radius 3 is 2.84 bits per heavy atom. The molecule has 2 rings (SSSR count). The highest BCUT2D eigenvalue weighted by Gasteiger charge is 2.20. The SMILES string of the molecule is CCNC(=NCCCOCC1CC1)NCCNC(=O)c1scnc1C. The molecule has 1 aromatic rings. The van der Waals surface area contributed by atoms with Crippen molar-refractivity contribution in [1.82, 2.24) is 20.9 Å². The van der Waals surface area contributed by atoms with Gasteiger partial charge in [0.2, 0.25) is 0 Å². The van der Waals surface area contributed by atoms with E-state index in [4.69, 9.17) is 4.74 Å². The second kappa shape index (κ2) is 11.0. The van der Waals surface area contributed by atoms with Gasteiger partial charge in [0, 0.05) is 39.4 Å². The Hall–Kier alpha value is -1.67. The summed E-state index contributed by atoms with van der Waals surface area (Å²) in [4.78, 5) is 21.3. The zero-order valence-corrected chi connectivity index (χ0v) is 16.0. The van der Waals surface area contributed by atoms with Crippen LogP contribution in [0.15, 0.2) is 10.5 Å². The number of guanidine groups is 1. The maximum absolute atomic E-state index is 12.0. The molecule has 1 aliphatic carbocycles. The lowest BCUT2D eigenvalue weighted by atomic mass is 10.4. The van der Waals surface area contributed by atoms with Crippen LogP contribution in [0.25, 0.3) is 0 Å². The normalized spacial score (nSPS) is 14.4. The number of rotatable bonds is 11. The fourth-order valence-electron chi connectivity index (χ4n) is 2.19. The van der Waals surface area contributed by atoms with Crippen molar-refractivity contribution in [3.8, 4) is 0 Å². The van der Waals surface area contributed by atoms with E-state index in [-0.39, 0.29) is 5.91 Å². The fourth-order valence-corrected chi connectivity index (χ4v) is 2.91. The molecule has 0 atom stereocenters. The number of carbonyl (C=O) groups is 1. The number of ether oxygens (including phenoxy) is 1. The molecule has 0 saturated heterocycles. The monoisotopic (exact) mass is 367 g/mol. The van der Waals surface area contributed by atoms with E-state index in [0.717, 1.165) is 50.3 Å². The minimum Gasteiger partial charge on any atom is -0.381 e. The number of nitrogens with one attached hydrogen (secondary N) is 3. The number of hydrogen-bond acceptors (Lipinski definition) is 5. The summed E-state index contributed by atoms with van der Waals surface area (Å²) in [7, 11) is 0. The Bertz CT molecular complexity index is 557. The van der Waals surface area contributed by atoms with Gasteiger partial charge < -0.3 is 20.7 Å². The van der Waals surface area contributed by atoms with Gasteiger partial charge in [0.15, 0.2) is 5.96 Å². The van der Waals surface area contributed by atoms with Crippen molar-refractivity contribution in [3.05, 3.63) is 16.1 Å². The van der Waals surface area contributed by atoms with Crippen LogP contribution in [0.4, 0.5) is 0 Å². The molecular formula is C17H29N5O2S. The van der Waals surface area contributed by atoms with Crippen molar-refractivity contribution in [2.45, 2.75) is 33.1 Å². The van der Waals surface area contributed by atoms with Gasteiger partial charge in [-0.3, -0.25) is 9.79 Å². The third-order valence-corrected chi connectivity index (χ3v) is 4.69. The first-order valence-corrected chi connectivity index (χ1v) is 9.87. The summed E-state index contributed by atoms with van der Waals surface area (Å²) in [5, 5.41) is 9.32. The zero-order valence-electron chi connectivity index (χ0n) is 15.1. The van der Waals surface area contributed by atoms with Crippen molar-refractivity contribution in [3.63, 3.8) is 0 Å². The Morgan fingerprint density at radius 2 is 2.16 bits per heavy atom. The van der Waals surface area contributed by atoms with Crippen molar-refractivity contribution < 1.29 is 9.53 Å². The van der Waals surface area contributed by atoms with Crippen LogP contribution in [0.1, 0.15) is 41.6 Å². The summed E-state index contributed by atoms with van der Waals surface area (Å²) in [5.41, 5.74) is 2.46. The minimum absolute atomic E-state index is 0.0726. The number of thiazole rings is 1. The molecule has 8 heteroatoms. The highest BCUT2D eigenvalue weighted by atomic mass is 32.1. The van der Waals surface area contributed by atoms with Gasteiger partial charge >= 0.3 is 0 Å². The zero-order chi connectivity index (χ0) is 17.9. The van der Waals surface area contributed by atoms with Gasteiger partial charge in [-0.1, -0.05) is 0 Å². The lowest BCUT2D eigenvalue weighted by molar-refractivity contribution is 0.0957. The minimum atomic E-state index is -0.0726. The van der Waals surface area contributed by atoms with Crippen LogP contribution < -0.4 is 16.0 Å². The molecule has 1 saturated carbocycles.